The van der Waals surface area contributed by atoms with Crippen molar-refractivity contribution in [3.8, 4) is 0 Å². The van der Waals surface area contributed by atoms with E-state index in [1.165, 1.54) is 0 Å². The van der Waals surface area contributed by atoms with E-state index in [1.807, 2.05) is 24.3 Å². The molecule has 2 heterocycles. The Kier molecular flexibility index (Phi) is 3.66. The lowest BCUT2D eigenvalue weighted by atomic mass is 10.1. The molecule has 1 unspecified atom stereocenters. The molecule has 106 valence electrons. The summed E-state index contributed by atoms with van der Waals surface area (Å²) < 4.78 is 0. The van der Waals surface area contributed by atoms with Gasteiger partial charge in [0.1, 0.15) is 6.04 Å². The zero-order valence-electron chi connectivity index (χ0n) is 11.2. The molecule has 0 N–H and O–H groups in total. The maximum absolute atomic E-state index is 12.5. The number of hydrogen-bond donors (Lipinski definition) is 0. The van der Waals surface area contributed by atoms with Crippen LogP contribution >= 0.6 is 11.6 Å². The van der Waals surface area contributed by atoms with Crippen LogP contribution in [0, 0.1) is 0 Å². The fourth-order valence-corrected chi connectivity index (χ4v) is 3.11. The molecule has 0 bridgehead atoms. The molecule has 0 spiro atoms. The van der Waals surface area contributed by atoms with Crippen molar-refractivity contribution in [2.75, 3.05) is 13.1 Å². The molecule has 0 aliphatic carbocycles. The van der Waals surface area contributed by atoms with Gasteiger partial charge in [0.25, 0.3) is 0 Å². The third-order valence-corrected chi connectivity index (χ3v) is 4.30. The van der Waals surface area contributed by atoms with Crippen molar-refractivity contribution in [3.63, 3.8) is 0 Å². The maximum Gasteiger partial charge on any atom is 0.245 e. The van der Waals surface area contributed by atoms with Crippen molar-refractivity contribution >= 4 is 23.4 Å². The Morgan fingerprint density at radius 2 is 1.90 bits per heavy atom. The number of rotatable bonds is 2. The van der Waals surface area contributed by atoms with Gasteiger partial charge in [-0.2, -0.15) is 0 Å². The van der Waals surface area contributed by atoms with E-state index in [0.717, 1.165) is 24.9 Å². The van der Waals surface area contributed by atoms with E-state index >= 15 is 0 Å². The van der Waals surface area contributed by atoms with Gasteiger partial charge in [-0.05, 0) is 30.5 Å². The standard InChI is InChI=1S/C15H17ClN2O2/c16-12-5-3-11(4-6-12)10-17-9-7-14(19)18-8-1-2-13(18)15(17)20/h3-6,13H,1-2,7-10H2. The molecule has 1 aromatic carbocycles. The van der Waals surface area contributed by atoms with Gasteiger partial charge < -0.3 is 9.80 Å². The summed E-state index contributed by atoms with van der Waals surface area (Å²) in [4.78, 5) is 28.1. The number of hydrogen-bond acceptors (Lipinski definition) is 2. The molecular weight excluding hydrogens is 276 g/mol. The number of amides is 2. The molecule has 5 heteroatoms. The van der Waals surface area contributed by atoms with E-state index < -0.39 is 0 Å². The second kappa shape index (κ2) is 5.44. The average Bonchev–Trinajstić information content (AvgIpc) is 2.90. The Balaban J connectivity index is 1.77. The van der Waals surface area contributed by atoms with Gasteiger partial charge in [-0.25, -0.2) is 0 Å². The Hall–Kier alpha value is -1.55. The molecule has 0 saturated carbocycles. The molecule has 1 aromatic rings. The van der Waals surface area contributed by atoms with Crippen LogP contribution in [0.5, 0.6) is 0 Å². The van der Waals surface area contributed by atoms with E-state index in [2.05, 4.69) is 0 Å². The summed E-state index contributed by atoms with van der Waals surface area (Å²) in [7, 11) is 0. The molecule has 1 atom stereocenters. The van der Waals surface area contributed by atoms with Gasteiger partial charge in [-0.3, -0.25) is 9.59 Å². The van der Waals surface area contributed by atoms with Crippen molar-refractivity contribution in [1.82, 2.24) is 9.80 Å². The van der Waals surface area contributed by atoms with Gasteiger partial charge in [0, 0.05) is 31.1 Å². The van der Waals surface area contributed by atoms with Crippen molar-refractivity contribution in [1.29, 1.82) is 0 Å². The second-order valence-electron chi connectivity index (χ2n) is 5.38. The van der Waals surface area contributed by atoms with Crippen LogP contribution in [0.15, 0.2) is 24.3 Å². The molecular formula is C15H17ClN2O2. The minimum absolute atomic E-state index is 0.0864. The van der Waals surface area contributed by atoms with E-state index in [0.29, 0.717) is 24.5 Å². The highest BCUT2D eigenvalue weighted by Gasteiger charge is 2.38. The summed E-state index contributed by atoms with van der Waals surface area (Å²) in [5.41, 5.74) is 1.04. The highest BCUT2D eigenvalue weighted by atomic mass is 35.5. The zero-order chi connectivity index (χ0) is 14.1. The first-order valence-electron chi connectivity index (χ1n) is 6.98. The summed E-state index contributed by atoms with van der Waals surface area (Å²) >= 11 is 5.87. The third kappa shape index (κ3) is 2.52. The van der Waals surface area contributed by atoms with Gasteiger partial charge in [0.15, 0.2) is 0 Å². The van der Waals surface area contributed by atoms with E-state index in [1.54, 1.807) is 9.80 Å². The van der Waals surface area contributed by atoms with Crippen LogP contribution in [-0.2, 0) is 16.1 Å². The Bertz CT molecular complexity index is 529. The molecule has 3 rings (SSSR count). The third-order valence-electron chi connectivity index (χ3n) is 4.05. The molecule has 0 radical (unpaired) electrons. The Labute approximate surface area is 123 Å². The molecule has 2 fully saturated rings. The Morgan fingerprint density at radius 3 is 2.65 bits per heavy atom. The zero-order valence-corrected chi connectivity index (χ0v) is 12.0. The quantitative estimate of drug-likeness (QED) is 0.837. The largest absolute Gasteiger partial charge is 0.336 e. The molecule has 2 saturated heterocycles. The fourth-order valence-electron chi connectivity index (χ4n) is 2.98. The van der Waals surface area contributed by atoms with E-state index in [4.69, 9.17) is 11.6 Å². The van der Waals surface area contributed by atoms with Crippen LogP contribution in [0.3, 0.4) is 0 Å². The summed E-state index contributed by atoms with van der Waals surface area (Å²) in [6.45, 7) is 1.78. The van der Waals surface area contributed by atoms with Crippen LogP contribution < -0.4 is 0 Å². The minimum atomic E-state index is -0.239. The lowest BCUT2D eigenvalue weighted by Crippen LogP contribution is -2.43. The van der Waals surface area contributed by atoms with Gasteiger partial charge in [0.2, 0.25) is 11.8 Å². The lowest BCUT2D eigenvalue weighted by molar-refractivity contribution is -0.139. The number of halogens is 1. The number of carbonyl (C=O) groups is 2. The summed E-state index contributed by atoms with van der Waals surface area (Å²) in [5.74, 6) is 0.197. The molecule has 2 aliphatic rings. The van der Waals surface area contributed by atoms with E-state index in [-0.39, 0.29) is 17.9 Å². The van der Waals surface area contributed by atoms with Gasteiger partial charge in [0.05, 0.1) is 0 Å². The molecule has 0 aromatic heterocycles. The van der Waals surface area contributed by atoms with E-state index in [9.17, 15) is 9.59 Å². The van der Waals surface area contributed by atoms with Crippen molar-refractivity contribution in [2.45, 2.75) is 31.8 Å². The molecule has 20 heavy (non-hydrogen) atoms. The van der Waals surface area contributed by atoms with Crippen molar-refractivity contribution in [3.05, 3.63) is 34.9 Å². The topological polar surface area (TPSA) is 40.6 Å². The number of nitrogens with zero attached hydrogens (tertiary/aromatic N) is 2. The summed E-state index contributed by atoms with van der Waals surface area (Å²) in [6.07, 6.45) is 2.15. The normalized spacial score (nSPS) is 22.9. The second-order valence-corrected chi connectivity index (χ2v) is 5.82. The molecule has 2 aliphatic heterocycles. The maximum atomic E-state index is 12.5. The van der Waals surface area contributed by atoms with Crippen LogP contribution in [0.25, 0.3) is 0 Å². The molecule has 2 amide bonds. The minimum Gasteiger partial charge on any atom is -0.336 e. The van der Waals surface area contributed by atoms with Crippen molar-refractivity contribution in [2.24, 2.45) is 0 Å². The lowest BCUT2D eigenvalue weighted by Gasteiger charge is -2.25. The number of benzene rings is 1. The summed E-state index contributed by atoms with van der Waals surface area (Å²) in [5, 5.41) is 0.688. The van der Waals surface area contributed by atoms with Gasteiger partial charge >= 0.3 is 0 Å². The first kappa shape index (κ1) is 13.4. The van der Waals surface area contributed by atoms with Crippen molar-refractivity contribution < 1.29 is 9.59 Å². The number of carbonyl (C=O) groups excluding carboxylic acids is 2. The summed E-state index contributed by atoms with van der Waals surface area (Å²) in [6, 6.07) is 7.26. The van der Waals surface area contributed by atoms with Gasteiger partial charge in [-0.1, -0.05) is 23.7 Å². The van der Waals surface area contributed by atoms with Crippen LogP contribution in [0.1, 0.15) is 24.8 Å². The van der Waals surface area contributed by atoms with Crippen LogP contribution in [-0.4, -0.2) is 40.7 Å². The molecule has 4 nitrogen and oxygen atoms in total. The predicted octanol–water partition coefficient (Wildman–Crippen LogP) is 2.06. The predicted molar refractivity (Wildman–Crippen MR) is 76.2 cm³/mol. The van der Waals surface area contributed by atoms with Gasteiger partial charge in [-0.15, -0.1) is 0 Å². The number of fused-ring (bicyclic) bond motifs is 1. The monoisotopic (exact) mass is 292 g/mol. The highest BCUT2D eigenvalue weighted by Crippen LogP contribution is 2.24. The van der Waals surface area contributed by atoms with Crippen LogP contribution in [0.4, 0.5) is 0 Å². The Morgan fingerprint density at radius 1 is 1.15 bits per heavy atom. The first-order chi connectivity index (χ1) is 9.65. The SMILES string of the molecule is O=C1C2CCCN2C(=O)CCN1Cc1ccc(Cl)cc1. The average molecular weight is 293 g/mol. The smallest absolute Gasteiger partial charge is 0.245 e. The van der Waals surface area contributed by atoms with Crippen LogP contribution in [0.2, 0.25) is 5.02 Å². The highest BCUT2D eigenvalue weighted by molar-refractivity contribution is 6.30. The fraction of sp³-hybridized carbons (Fsp3) is 0.467. The first-order valence-corrected chi connectivity index (χ1v) is 7.35.